The zero-order valence-electron chi connectivity index (χ0n) is 8.54. The van der Waals surface area contributed by atoms with Crippen molar-refractivity contribution in [2.24, 2.45) is 5.73 Å². The normalized spacial score (nSPS) is 10.6. The molecule has 0 saturated heterocycles. The lowest BCUT2D eigenvalue weighted by Crippen LogP contribution is -2.16. The molecule has 0 saturated carbocycles. The third-order valence-electron chi connectivity index (χ3n) is 2.04. The Hall–Kier alpha value is -1.76. The number of carbonyl (C=O) groups excluding carboxylic acids is 1. The van der Waals surface area contributed by atoms with Crippen LogP contribution in [0, 0.1) is 0 Å². The van der Waals surface area contributed by atoms with Crippen molar-refractivity contribution in [1.82, 2.24) is 4.98 Å². The van der Waals surface area contributed by atoms with Crippen LogP contribution in [0.4, 0.5) is 14.5 Å². The topological polar surface area (TPSA) is 91.2 Å². The average Bonchev–Trinajstić information content (AvgIpc) is 2.26. The van der Waals surface area contributed by atoms with Gasteiger partial charge < -0.3 is 16.2 Å². The number of anilines is 1. The van der Waals surface area contributed by atoms with E-state index in [0.717, 1.165) is 13.3 Å². The van der Waals surface area contributed by atoms with Gasteiger partial charge in [-0.2, -0.15) is 0 Å². The fraction of sp³-hybridized carbons (Fsp3) is 0.333. The lowest BCUT2D eigenvalue weighted by molar-refractivity contribution is 0.0599. The Balaban J connectivity index is 3.44. The maximum atomic E-state index is 12.6. The Kier molecular flexibility index (Phi) is 3.73. The first-order valence-electron chi connectivity index (χ1n) is 4.36. The van der Waals surface area contributed by atoms with E-state index < -0.39 is 18.1 Å². The second kappa shape index (κ2) is 4.84. The molecule has 0 bridgehead atoms. The third-order valence-corrected chi connectivity index (χ3v) is 2.04. The summed E-state index contributed by atoms with van der Waals surface area (Å²) in [5.41, 5.74) is 9.99. The molecule has 0 spiro atoms. The highest BCUT2D eigenvalue weighted by molar-refractivity contribution is 5.96. The van der Waals surface area contributed by atoms with E-state index >= 15 is 0 Å². The summed E-state index contributed by atoms with van der Waals surface area (Å²) in [5.74, 6) is -0.803. The highest BCUT2D eigenvalue weighted by Gasteiger charge is 2.23. The van der Waals surface area contributed by atoms with Gasteiger partial charge in [-0.1, -0.05) is 0 Å². The molecule has 0 unspecified atom stereocenters. The fourth-order valence-corrected chi connectivity index (χ4v) is 1.32. The first kappa shape index (κ1) is 12.3. The molecule has 4 N–H and O–H groups in total. The molecular weight excluding hydrogens is 220 g/mol. The molecule has 0 radical (unpaired) electrons. The maximum absolute atomic E-state index is 12.6. The van der Waals surface area contributed by atoms with Crippen LogP contribution in [0.15, 0.2) is 6.20 Å². The molecule has 16 heavy (non-hydrogen) atoms. The third kappa shape index (κ3) is 2.08. The summed E-state index contributed by atoms with van der Waals surface area (Å²) in [4.78, 5) is 14.8. The predicted molar refractivity (Wildman–Crippen MR) is 52.8 cm³/mol. The number of rotatable bonds is 3. The summed E-state index contributed by atoms with van der Waals surface area (Å²) in [7, 11) is 1.13. The van der Waals surface area contributed by atoms with Gasteiger partial charge in [-0.05, 0) is 0 Å². The summed E-state index contributed by atoms with van der Waals surface area (Å²) in [6.07, 6.45) is -1.82. The van der Waals surface area contributed by atoms with Crippen molar-refractivity contribution in [3.63, 3.8) is 0 Å². The van der Waals surface area contributed by atoms with Gasteiger partial charge in [0.05, 0.1) is 24.6 Å². The van der Waals surface area contributed by atoms with Gasteiger partial charge in [-0.3, -0.25) is 4.98 Å². The number of methoxy groups -OCH3 is 1. The van der Waals surface area contributed by atoms with Crippen molar-refractivity contribution in [3.8, 4) is 0 Å². The van der Waals surface area contributed by atoms with Crippen LogP contribution in [-0.2, 0) is 11.3 Å². The first-order valence-corrected chi connectivity index (χ1v) is 4.36. The molecule has 0 aliphatic heterocycles. The molecule has 1 heterocycles. The van der Waals surface area contributed by atoms with Crippen molar-refractivity contribution < 1.29 is 18.3 Å². The van der Waals surface area contributed by atoms with E-state index in [1.807, 2.05) is 0 Å². The van der Waals surface area contributed by atoms with E-state index in [1.165, 1.54) is 0 Å². The highest BCUT2D eigenvalue weighted by Crippen LogP contribution is 2.26. The standard InChI is InChI=1S/C9H11F2N3O2/c1-16-9(15)6-4(2-12)7(8(10)11)14-3-5(6)13/h3,8H,2,12-13H2,1H3. The minimum Gasteiger partial charge on any atom is -0.465 e. The molecule has 0 amide bonds. The van der Waals surface area contributed by atoms with Crippen LogP contribution in [-0.4, -0.2) is 18.1 Å². The van der Waals surface area contributed by atoms with Crippen LogP contribution in [0.25, 0.3) is 0 Å². The van der Waals surface area contributed by atoms with Crippen LogP contribution >= 0.6 is 0 Å². The zero-order chi connectivity index (χ0) is 12.3. The van der Waals surface area contributed by atoms with Crippen LogP contribution in [0.1, 0.15) is 28.0 Å². The molecule has 1 aromatic heterocycles. The minimum atomic E-state index is -2.82. The van der Waals surface area contributed by atoms with Gasteiger partial charge >= 0.3 is 5.97 Å². The summed E-state index contributed by atoms with van der Waals surface area (Å²) < 4.78 is 29.6. The summed E-state index contributed by atoms with van der Waals surface area (Å²) >= 11 is 0. The molecule has 0 aliphatic carbocycles. The fourth-order valence-electron chi connectivity index (χ4n) is 1.32. The number of esters is 1. The number of aromatic nitrogens is 1. The SMILES string of the molecule is COC(=O)c1c(N)cnc(C(F)F)c1CN. The van der Waals surface area contributed by atoms with E-state index in [0.29, 0.717) is 0 Å². The van der Waals surface area contributed by atoms with Crippen molar-refractivity contribution in [3.05, 3.63) is 23.0 Å². The van der Waals surface area contributed by atoms with Gasteiger partial charge in [-0.15, -0.1) is 0 Å². The van der Waals surface area contributed by atoms with Gasteiger partial charge in [-0.25, -0.2) is 13.6 Å². The van der Waals surface area contributed by atoms with Crippen LogP contribution in [0.5, 0.6) is 0 Å². The number of nitrogens with two attached hydrogens (primary N) is 2. The highest BCUT2D eigenvalue weighted by atomic mass is 19.3. The molecule has 0 aliphatic rings. The molecule has 0 atom stereocenters. The number of nitrogen functional groups attached to an aromatic ring is 1. The van der Waals surface area contributed by atoms with Crippen molar-refractivity contribution in [2.75, 3.05) is 12.8 Å². The molecule has 88 valence electrons. The summed E-state index contributed by atoms with van der Waals surface area (Å²) in [6.45, 7) is -0.262. The second-order valence-corrected chi connectivity index (χ2v) is 2.95. The number of ether oxygens (including phenoxy) is 1. The second-order valence-electron chi connectivity index (χ2n) is 2.95. The predicted octanol–water partition coefficient (Wildman–Crippen LogP) is 0.847. The molecule has 7 heteroatoms. The Morgan fingerprint density at radius 1 is 1.62 bits per heavy atom. The Labute approximate surface area is 90.4 Å². The first-order chi connectivity index (χ1) is 7.52. The van der Waals surface area contributed by atoms with Crippen LogP contribution in [0.3, 0.4) is 0 Å². The maximum Gasteiger partial charge on any atom is 0.340 e. The van der Waals surface area contributed by atoms with E-state index in [9.17, 15) is 13.6 Å². The van der Waals surface area contributed by atoms with E-state index in [1.54, 1.807) is 0 Å². The van der Waals surface area contributed by atoms with Crippen LogP contribution in [0.2, 0.25) is 0 Å². The number of alkyl halides is 2. The molecular formula is C9H11F2N3O2. The lowest BCUT2D eigenvalue weighted by atomic mass is 10.0. The number of pyridine rings is 1. The Bertz CT molecular complexity index is 410. The largest absolute Gasteiger partial charge is 0.465 e. The van der Waals surface area contributed by atoms with Gasteiger partial charge in [0.1, 0.15) is 5.69 Å². The van der Waals surface area contributed by atoms with Gasteiger partial charge in [0.25, 0.3) is 6.43 Å². The molecule has 0 aromatic carbocycles. The Morgan fingerprint density at radius 3 is 2.69 bits per heavy atom. The molecule has 1 rings (SSSR count). The van der Waals surface area contributed by atoms with Gasteiger partial charge in [0, 0.05) is 12.1 Å². The molecule has 0 fully saturated rings. The van der Waals surface area contributed by atoms with Gasteiger partial charge in [0.15, 0.2) is 0 Å². The monoisotopic (exact) mass is 231 g/mol. The zero-order valence-corrected chi connectivity index (χ0v) is 8.54. The molecule has 5 nitrogen and oxygen atoms in total. The number of halogens is 2. The molecule has 1 aromatic rings. The van der Waals surface area contributed by atoms with E-state index in [-0.39, 0.29) is 23.4 Å². The van der Waals surface area contributed by atoms with Crippen LogP contribution < -0.4 is 11.5 Å². The van der Waals surface area contributed by atoms with Gasteiger partial charge in [0.2, 0.25) is 0 Å². The quantitative estimate of drug-likeness (QED) is 0.752. The smallest absolute Gasteiger partial charge is 0.340 e. The Morgan fingerprint density at radius 2 is 2.25 bits per heavy atom. The number of nitrogens with zero attached hydrogens (tertiary/aromatic N) is 1. The minimum absolute atomic E-state index is 0.0308. The van der Waals surface area contributed by atoms with E-state index in [2.05, 4.69) is 9.72 Å². The number of hydrogen-bond donors (Lipinski definition) is 2. The van der Waals surface area contributed by atoms with Crippen molar-refractivity contribution >= 4 is 11.7 Å². The number of hydrogen-bond acceptors (Lipinski definition) is 5. The van der Waals surface area contributed by atoms with Crippen molar-refractivity contribution in [1.29, 1.82) is 0 Å². The number of carbonyl (C=O) groups is 1. The van der Waals surface area contributed by atoms with Crippen molar-refractivity contribution in [2.45, 2.75) is 13.0 Å². The average molecular weight is 231 g/mol. The summed E-state index contributed by atoms with van der Waals surface area (Å²) in [6, 6.07) is 0. The lowest BCUT2D eigenvalue weighted by Gasteiger charge is -2.12. The summed E-state index contributed by atoms with van der Waals surface area (Å²) in [5, 5.41) is 0. The van der Waals surface area contributed by atoms with E-state index in [4.69, 9.17) is 11.5 Å².